The second kappa shape index (κ2) is 9.26. The Hall–Kier alpha value is -0.740. The summed E-state index contributed by atoms with van der Waals surface area (Å²) in [5, 5.41) is 0. The van der Waals surface area contributed by atoms with Gasteiger partial charge in [-0.3, -0.25) is 0 Å². The summed E-state index contributed by atoms with van der Waals surface area (Å²) in [5.74, 6) is 0. The molecule has 0 saturated heterocycles. The lowest BCUT2D eigenvalue weighted by molar-refractivity contribution is 0.985. The average Bonchev–Trinajstić information content (AvgIpc) is 2.21. The van der Waals surface area contributed by atoms with Crippen LogP contribution in [0.2, 0.25) is 0 Å². The molecule has 1 rings (SSSR count). The Balaban J connectivity index is 0. The van der Waals surface area contributed by atoms with Crippen molar-refractivity contribution < 1.29 is 0 Å². The summed E-state index contributed by atoms with van der Waals surface area (Å²) in [6, 6.07) is 0. The van der Waals surface area contributed by atoms with Crippen LogP contribution < -0.4 is 0 Å². The van der Waals surface area contributed by atoms with Gasteiger partial charge in [-0.15, -0.1) is 5.73 Å². The van der Waals surface area contributed by atoms with Crippen LogP contribution in [0.4, 0.5) is 0 Å². The fraction of sp³-hybridized carbons (Fsp3) is 0.545. The van der Waals surface area contributed by atoms with E-state index in [0.29, 0.717) is 0 Å². The van der Waals surface area contributed by atoms with Gasteiger partial charge in [0.05, 0.1) is 0 Å². The lowest BCUT2D eigenvalue weighted by atomic mass is 10.2. The Labute approximate surface area is 71.3 Å². The zero-order chi connectivity index (χ0) is 7.82. The molecule has 0 aliphatic heterocycles. The summed E-state index contributed by atoms with van der Waals surface area (Å²) in [4.78, 5) is 0. The van der Waals surface area contributed by atoms with Crippen LogP contribution in [0.3, 0.4) is 0 Å². The third-order valence-electron chi connectivity index (χ3n) is 1.26. The van der Waals surface area contributed by atoms with Crippen LogP contribution in [0.1, 0.15) is 41.0 Å². The van der Waals surface area contributed by atoms with Crippen molar-refractivity contribution in [1.29, 1.82) is 0 Å². The standard InChI is InChI=1S/C8H10.C2H6.CH4/c1-8-6-4-2-3-5-7-8;1-2;/h2,5,7H,4,6H2,1H3;1-2H3;1H4. The van der Waals surface area contributed by atoms with E-state index in [0.717, 1.165) is 6.42 Å². The smallest absolute Gasteiger partial charge is 0.0204 e. The van der Waals surface area contributed by atoms with E-state index in [-0.39, 0.29) is 7.43 Å². The van der Waals surface area contributed by atoms with Gasteiger partial charge < -0.3 is 0 Å². The van der Waals surface area contributed by atoms with Gasteiger partial charge in [-0.25, -0.2) is 0 Å². The van der Waals surface area contributed by atoms with Crippen LogP contribution in [-0.2, 0) is 0 Å². The van der Waals surface area contributed by atoms with Crippen molar-refractivity contribution in [2.75, 3.05) is 0 Å². The van der Waals surface area contributed by atoms with Gasteiger partial charge in [0.2, 0.25) is 0 Å². The summed E-state index contributed by atoms with van der Waals surface area (Å²) in [6.45, 7) is 6.15. The van der Waals surface area contributed by atoms with Gasteiger partial charge in [-0.2, -0.15) is 0 Å². The van der Waals surface area contributed by atoms with E-state index in [4.69, 9.17) is 0 Å². The van der Waals surface area contributed by atoms with Crippen LogP contribution >= 0.6 is 0 Å². The fourth-order valence-electron chi connectivity index (χ4n) is 0.725. The Morgan fingerprint density at radius 3 is 2.64 bits per heavy atom. The molecular formula is C11H20. The van der Waals surface area contributed by atoms with Crippen LogP contribution in [0.15, 0.2) is 29.5 Å². The molecule has 11 heavy (non-hydrogen) atoms. The lowest BCUT2D eigenvalue weighted by Gasteiger charge is -1.89. The molecule has 0 fully saturated rings. The predicted molar refractivity (Wildman–Crippen MR) is 53.7 cm³/mol. The molecule has 0 N–H and O–H groups in total. The molecule has 0 saturated carbocycles. The maximum atomic E-state index is 3.05. The van der Waals surface area contributed by atoms with E-state index >= 15 is 0 Å². The van der Waals surface area contributed by atoms with Gasteiger partial charge >= 0.3 is 0 Å². The van der Waals surface area contributed by atoms with E-state index in [2.05, 4.69) is 24.8 Å². The van der Waals surface area contributed by atoms with Crippen molar-refractivity contribution in [2.24, 2.45) is 0 Å². The molecule has 1 aliphatic carbocycles. The topological polar surface area (TPSA) is 0 Å². The SMILES string of the molecule is C.CC.CC1=CC=C=CCC1. The Morgan fingerprint density at radius 2 is 2.00 bits per heavy atom. The molecule has 0 atom stereocenters. The second-order valence-electron chi connectivity index (χ2n) is 2.09. The molecule has 0 aromatic heterocycles. The van der Waals surface area contributed by atoms with E-state index in [1.165, 1.54) is 12.0 Å². The number of hydrogen-bond donors (Lipinski definition) is 0. The summed E-state index contributed by atoms with van der Waals surface area (Å²) in [7, 11) is 0. The first-order valence-electron chi connectivity index (χ1n) is 3.96. The maximum Gasteiger partial charge on any atom is -0.0204 e. The minimum atomic E-state index is 0. The Kier molecular flexibility index (Phi) is 10.9. The normalized spacial score (nSPS) is 13.5. The fourth-order valence-corrected chi connectivity index (χ4v) is 0.725. The molecule has 0 heterocycles. The number of allylic oxidation sites excluding steroid dienone is 3. The minimum Gasteiger partial charge on any atom is -0.125 e. The number of rotatable bonds is 0. The van der Waals surface area contributed by atoms with Gasteiger partial charge in [0.25, 0.3) is 0 Å². The molecule has 0 nitrogen and oxygen atoms in total. The first kappa shape index (κ1) is 12.9. The molecule has 0 aromatic rings. The van der Waals surface area contributed by atoms with Crippen LogP contribution in [0, 0.1) is 0 Å². The number of hydrogen-bond acceptors (Lipinski definition) is 0. The summed E-state index contributed by atoms with van der Waals surface area (Å²) >= 11 is 0. The second-order valence-corrected chi connectivity index (χ2v) is 2.09. The largest absolute Gasteiger partial charge is 0.125 e. The van der Waals surface area contributed by atoms with Crippen molar-refractivity contribution in [1.82, 2.24) is 0 Å². The highest BCUT2D eigenvalue weighted by atomic mass is 13.9. The summed E-state index contributed by atoms with van der Waals surface area (Å²) in [6.07, 6.45) is 8.52. The highest BCUT2D eigenvalue weighted by molar-refractivity contribution is 5.13. The molecule has 0 bridgehead atoms. The predicted octanol–water partition coefficient (Wildman–Crippen LogP) is 4.10. The average molecular weight is 152 g/mol. The molecule has 0 spiro atoms. The molecule has 0 radical (unpaired) electrons. The van der Waals surface area contributed by atoms with Crippen molar-refractivity contribution >= 4 is 0 Å². The molecule has 1 aliphatic rings. The van der Waals surface area contributed by atoms with Gasteiger partial charge in [0, 0.05) is 0 Å². The highest BCUT2D eigenvalue weighted by Crippen LogP contribution is 2.06. The molecule has 0 unspecified atom stereocenters. The Morgan fingerprint density at radius 1 is 1.36 bits per heavy atom. The van der Waals surface area contributed by atoms with Crippen LogP contribution in [0.25, 0.3) is 0 Å². The van der Waals surface area contributed by atoms with Gasteiger partial charge in [0.15, 0.2) is 0 Å². The highest BCUT2D eigenvalue weighted by Gasteiger charge is 1.86. The third kappa shape index (κ3) is 7.15. The maximum absolute atomic E-state index is 3.05. The van der Waals surface area contributed by atoms with Crippen molar-refractivity contribution in [2.45, 2.75) is 41.0 Å². The summed E-state index contributed by atoms with van der Waals surface area (Å²) in [5.41, 5.74) is 4.50. The molecule has 64 valence electrons. The third-order valence-corrected chi connectivity index (χ3v) is 1.26. The lowest BCUT2D eigenvalue weighted by Crippen LogP contribution is -1.70. The first-order chi connectivity index (χ1) is 4.89. The minimum absolute atomic E-state index is 0. The molecule has 0 aromatic carbocycles. The van der Waals surface area contributed by atoms with Crippen molar-refractivity contribution in [3.8, 4) is 0 Å². The molecule has 0 amide bonds. The van der Waals surface area contributed by atoms with E-state index in [1.807, 2.05) is 19.9 Å². The van der Waals surface area contributed by atoms with Crippen molar-refractivity contribution in [3.63, 3.8) is 0 Å². The van der Waals surface area contributed by atoms with Gasteiger partial charge in [-0.05, 0) is 31.9 Å². The van der Waals surface area contributed by atoms with Gasteiger partial charge in [0.1, 0.15) is 0 Å². The van der Waals surface area contributed by atoms with E-state index < -0.39 is 0 Å². The van der Waals surface area contributed by atoms with E-state index in [9.17, 15) is 0 Å². The van der Waals surface area contributed by atoms with Crippen LogP contribution in [-0.4, -0.2) is 0 Å². The monoisotopic (exact) mass is 152 g/mol. The zero-order valence-electron chi connectivity index (χ0n) is 7.15. The van der Waals surface area contributed by atoms with Crippen LogP contribution in [0.5, 0.6) is 0 Å². The van der Waals surface area contributed by atoms with Crippen molar-refractivity contribution in [3.05, 3.63) is 29.5 Å². The zero-order valence-corrected chi connectivity index (χ0v) is 7.15. The van der Waals surface area contributed by atoms with Gasteiger partial charge in [-0.1, -0.05) is 32.9 Å². The molecular weight excluding hydrogens is 132 g/mol. The first-order valence-corrected chi connectivity index (χ1v) is 3.96. The quantitative estimate of drug-likeness (QED) is 0.458. The Bertz CT molecular complexity index is 155. The van der Waals surface area contributed by atoms with E-state index in [1.54, 1.807) is 0 Å². The summed E-state index contributed by atoms with van der Waals surface area (Å²) < 4.78 is 0. The molecule has 0 heteroatoms.